The molecule has 102 valence electrons. The van der Waals surface area contributed by atoms with Gasteiger partial charge in [0.2, 0.25) is 9.05 Å². The van der Waals surface area contributed by atoms with Gasteiger partial charge in [-0.1, -0.05) is 17.7 Å². The molecular formula is C11H14Cl2O4S. The number of rotatable bonds is 7. The molecule has 0 aliphatic rings. The fourth-order valence-corrected chi connectivity index (χ4v) is 1.99. The highest BCUT2D eigenvalue weighted by atomic mass is 35.7. The van der Waals surface area contributed by atoms with Crippen molar-refractivity contribution < 1.29 is 17.9 Å². The molecule has 0 unspecified atom stereocenters. The SMILES string of the molecule is Cc1ccc(OCCOCCS(=O)(=O)Cl)c(Cl)c1. The van der Waals surface area contributed by atoms with Gasteiger partial charge in [0.1, 0.15) is 12.4 Å². The topological polar surface area (TPSA) is 52.6 Å². The Morgan fingerprint density at radius 1 is 1.22 bits per heavy atom. The van der Waals surface area contributed by atoms with E-state index in [0.29, 0.717) is 17.4 Å². The molecule has 1 rings (SSSR count). The maximum Gasteiger partial charge on any atom is 0.234 e. The molecule has 1 aromatic rings. The van der Waals surface area contributed by atoms with E-state index in [-0.39, 0.29) is 19.0 Å². The van der Waals surface area contributed by atoms with Crippen molar-refractivity contribution in [3.63, 3.8) is 0 Å². The van der Waals surface area contributed by atoms with Crippen LogP contribution in [0.25, 0.3) is 0 Å². The highest BCUT2D eigenvalue weighted by Crippen LogP contribution is 2.24. The van der Waals surface area contributed by atoms with Crippen molar-refractivity contribution in [3.05, 3.63) is 28.8 Å². The van der Waals surface area contributed by atoms with Crippen molar-refractivity contribution in [2.75, 3.05) is 25.6 Å². The van der Waals surface area contributed by atoms with Gasteiger partial charge in [0.15, 0.2) is 0 Å². The van der Waals surface area contributed by atoms with E-state index in [1.807, 2.05) is 13.0 Å². The van der Waals surface area contributed by atoms with Gasteiger partial charge in [0, 0.05) is 10.7 Å². The Labute approximate surface area is 116 Å². The van der Waals surface area contributed by atoms with Gasteiger partial charge < -0.3 is 9.47 Å². The lowest BCUT2D eigenvalue weighted by atomic mass is 10.2. The highest BCUT2D eigenvalue weighted by Gasteiger charge is 2.04. The van der Waals surface area contributed by atoms with Crippen molar-refractivity contribution >= 4 is 31.3 Å². The zero-order valence-electron chi connectivity index (χ0n) is 9.86. The second-order valence-electron chi connectivity index (χ2n) is 3.64. The van der Waals surface area contributed by atoms with Crippen LogP contribution in [0.15, 0.2) is 18.2 Å². The summed E-state index contributed by atoms with van der Waals surface area (Å²) in [4.78, 5) is 0. The largest absolute Gasteiger partial charge is 0.490 e. The van der Waals surface area contributed by atoms with Crippen LogP contribution in [-0.4, -0.2) is 34.0 Å². The Morgan fingerprint density at radius 3 is 2.56 bits per heavy atom. The van der Waals surface area contributed by atoms with Crippen molar-refractivity contribution in [2.45, 2.75) is 6.92 Å². The minimum Gasteiger partial charge on any atom is -0.490 e. The first-order valence-electron chi connectivity index (χ1n) is 5.27. The lowest BCUT2D eigenvalue weighted by Crippen LogP contribution is -2.12. The van der Waals surface area contributed by atoms with Crippen LogP contribution in [-0.2, 0) is 13.8 Å². The van der Waals surface area contributed by atoms with Crippen LogP contribution in [0.2, 0.25) is 5.02 Å². The molecule has 0 spiro atoms. The number of halogens is 2. The standard InChI is InChI=1S/C11H14Cl2O4S/c1-9-2-3-11(10(12)8-9)17-5-4-16-6-7-18(13,14)15/h2-3,8H,4-7H2,1H3. The first-order valence-corrected chi connectivity index (χ1v) is 8.13. The minimum absolute atomic E-state index is 0.0524. The molecule has 0 radical (unpaired) electrons. The third-order valence-electron chi connectivity index (χ3n) is 2.04. The molecule has 0 bridgehead atoms. The molecule has 0 heterocycles. The summed E-state index contributed by atoms with van der Waals surface area (Å²) >= 11 is 5.97. The normalized spacial score (nSPS) is 11.5. The zero-order valence-corrected chi connectivity index (χ0v) is 12.2. The van der Waals surface area contributed by atoms with Crippen LogP contribution >= 0.6 is 22.3 Å². The Hall–Kier alpha value is -0.490. The van der Waals surface area contributed by atoms with Crippen LogP contribution in [0.4, 0.5) is 0 Å². The molecule has 18 heavy (non-hydrogen) atoms. The summed E-state index contributed by atoms with van der Waals surface area (Å²) in [5, 5.41) is 0.540. The number of ether oxygens (including phenoxy) is 2. The van der Waals surface area contributed by atoms with Gasteiger partial charge in [0.05, 0.1) is 24.0 Å². The maximum absolute atomic E-state index is 10.6. The van der Waals surface area contributed by atoms with E-state index in [0.717, 1.165) is 5.56 Å². The summed E-state index contributed by atoms with van der Waals surface area (Å²) in [6.07, 6.45) is 0. The minimum atomic E-state index is -3.49. The van der Waals surface area contributed by atoms with E-state index in [1.54, 1.807) is 12.1 Å². The van der Waals surface area contributed by atoms with E-state index >= 15 is 0 Å². The molecule has 0 amide bonds. The van der Waals surface area contributed by atoms with Crippen LogP contribution in [0.1, 0.15) is 5.56 Å². The van der Waals surface area contributed by atoms with Gasteiger partial charge in [-0.05, 0) is 24.6 Å². The zero-order chi connectivity index (χ0) is 13.6. The predicted octanol–water partition coefficient (Wildman–Crippen LogP) is 2.61. The summed E-state index contributed by atoms with van der Waals surface area (Å²) in [7, 11) is 1.53. The Bertz CT molecular complexity index is 488. The molecule has 0 fully saturated rings. The molecule has 0 aliphatic carbocycles. The lowest BCUT2D eigenvalue weighted by Gasteiger charge is -2.08. The average molecular weight is 313 g/mol. The Balaban J connectivity index is 2.22. The van der Waals surface area contributed by atoms with Crippen LogP contribution in [0.5, 0.6) is 5.75 Å². The van der Waals surface area contributed by atoms with E-state index in [1.165, 1.54) is 0 Å². The summed E-state index contributed by atoms with van der Waals surface area (Å²) in [5.74, 6) is 0.371. The number of benzene rings is 1. The second-order valence-corrected chi connectivity index (χ2v) is 6.94. The number of aryl methyl sites for hydroxylation is 1. The summed E-state index contributed by atoms with van der Waals surface area (Å²) in [6, 6.07) is 5.47. The van der Waals surface area contributed by atoms with Gasteiger partial charge >= 0.3 is 0 Å². The van der Waals surface area contributed by atoms with E-state index < -0.39 is 9.05 Å². The van der Waals surface area contributed by atoms with Crippen LogP contribution in [0, 0.1) is 6.92 Å². The summed E-state index contributed by atoms with van der Waals surface area (Å²) in [5.41, 5.74) is 1.05. The number of hydrogen-bond acceptors (Lipinski definition) is 4. The van der Waals surface area contributed by atoms with E-state index in [4.69, 9.17) is 31.8 Å². The molecule has 0 aromatic heterocycles. The summed E-state index contributed by atoms with van der Waals surface area (Å²) < 4.78 is 31.6. The van der Waals surface area contributed by atoms with E-state index in [9.17, 15) is 8.42 Å². The Morgan fingerprint density at radius 2 is 1.94 bits per heavy atom. The lowest BCUT2D eigenvalue weighted by molar-refractivity contribution is 0.111. The molecule has 0 atom stereocenters. The fraction of sp³-hybridized carbons (Fsp3) is 0.455. The maximum atomic E-state index is 10.6. The van der Waals surface area contributed by atoms with Crippen LogP contribution in [0.3, 0.4) is 0 Å². The fourth-order valence-electron chi connectivity index (χ4n) is 1.19. The molecule has 0 aliphatic heterocycles. The first-order chi connectivity index (χ1) is 8.38. The number of hydrogen-bond donors (Lipinski definition) is 0. The smallest absolute Gasteiger partial charge is 0.234 e. The average Bonchev–Trinajstić information content (AvgIpc) is 2.24. The quantitative estimate of drug-likeness (QED) is 0.573. The van der Waals surface area contributed by atoms with E-state index in [2.05, 4.69) is 0 Å². The molecule has 0 N–H and O–H groups in total. The van der Waals surface area contributed by atoms with Crippen LogP contribution < -0.4 is 4.74 Å². The third-order valence-corrected chi connectivity index (χ3v) is 3.46. The van der Waals surface area contributed by atoms with Crippen molar-refractivity contribution in [2.24, 2.45) is 0 Å². The van der Waals surface area contributed by atoms with Gasteiger partial charge in [-0.3, -0.25) is 0 Å². The highest BCUT2D eigenvalue weighted by molar-refractivity contribution is 8.13. The van der Waals surface area contributed by atoms with Crippen molar-refractivity contribution in [1.82, 2.24) is 0 Å². The molecule has 4 nitrogen and oxygen atoms in total. The molecule has 1 aromatic carbocycles. The summed E-state index contributed by atoms with van der Waals surface area (Å²) in [6.45, 7) is 2.56. The van der Waals surface area contributed by atoms with Gasteiger partial charge in [-0.25, -0.2) is 8.42 Å². The van der Waals surface area contributed by atoms with Crippen molar-refractivity contribution in [1.29, 1.82) is 0 Å². The molecule has 0 saturated heterocycles. The van der Waals surface area contributed by atoms with Gasteiger partial charge in [0.25, 0.3) is 0 Å². The third kappa shape index (κ3) is 6.44. The first kappa shape index (κ1) is 15.6. The molecular weight excluding hydrogens is 299 g/mol. The Kier molecular flexibility index (Phi) is 6.21. The predicted molar refractivity (Wildman–Crippen MR) is 72.1 cm³/mol. The second kappa shape index (κ2) is 7.19. The van der Waals surface area contributed by atoms with Gasteiger partial charge in [-0.2, -0.15) is 0 Å². The molecule has 0 saturated carbocycles. The van der Waals surface area contributed by atoms with Crippen molar-refractivity contribution in [3.8, 4) is 5.75 Å². The monoisotopic (exact) mass is 312 g/mol. The van der Waals surface area contributed by atoms with Gasteiger partial charge in [-0.15, -0.1) is 0 Å². The molecule has 7 heteroatoms.